The van der Waals surface area contributed by atoms with Crippen LogP contribution in [0.5, 0.6) is 5.75 Å². The van der Waals surface area contributed by atoms with Crippen LogP contribution in [-0.2, 0) is 0 Å². The molecule has 1 saturated heterocycles. The summed E-state index contributed by atoms with van der Waals surface area (Å²) in [5, 5.41) is 3.47. The zero-order valence-corrected chi connectivity index (χ0v) is 18.6. The Labute approximate surface area is 180 Å². The molecule has 1 spiro atoms. The second-order valence-electron chi connectivity index (χ2n) is 8.37. The van der Waals surface area contributed by atoms with Gasteiger partial charge in [-0.2, -0.15) is 0 Å². The molecular formula is C26H33NOS. The molecule has 1 unspecified atom stereocenters. The van der Waals surface area contributed by atoms with Gasteiger partial charge in [-0.25, -0.2) is 0 Å². The highest BCUT2D eigenvalue weighted by molar-refractivity contribution is 7.99. The van der Waals surface area contributed by atoms with Crippen LogP contribution in [0.3, 0.4) is 0 Å². The van der Waals surface area contributed by atoms with Gasteiger partial charge in [0.2, 0.25) is 0 Å². The maximum absolute atomic E-state index is 6.52. The normalized spacial score (nSPS) is 18.6. The number of fused-ring (bicyclic) bond motifs is 1. The Balaban J connectivity index is 1.57. The van der Waals surface area contributed by atoms with E-state index in [1.807, 2.05) is 11.8 Å². The maximum atomic E-state index is 6.52. The molecule has 1 fully saturated rings. The zero-order chi connectivity index (χ0) is 20.1. The molecule has 0 bridgehead atoms. The Hall–Kier alpha value is -1.71. The number of nitrogens with one attached hydrogen (secondary N) is 1. The van der Waals surface area contributed by atoms with Crippen LogP contribution in [0, 0.1) is 5.92 Å². The molecule has 2 aromatic rings. The largest absolute Gasteiger partial charge is 0.482 e. The van der Waals surface area contributed by atoms with E-state index >= 15 is 0 Å². The monoisotopic (exact) mass is 407 g/mol. The molecule has 3 heteroatoms. The van der Waals surface area contributed by atoms with Crippen LogP contribution < -0.4 is 10.1 Å². The summed E-state index contributed by atoms with van der Waals surface area (Å²) in [5.74, 6) is 3.07. The average molecular weight is 408 g/mol. The maximum Gasteiger partial charge on any atom is 0.130 e. The van der Waals surface area contributed by atoms with E-state index in [9.17, 15) is 0 Å². The van der Waals surface area contributed by atoms with Crippen molar-refractivity contribution in [3.05, 3.63) is 65.7 Å². The summed E-state index contributed by atoms with van der Waals surface area (Å²) in [4.78, 5) is 1.38. The molecule has 2 heterocycles. The Bertz CT molecular complexity index is 836. The number of para-hydroxylation sites is 1. The zero-order valence-electron chi connectivity index (χ0n) is 17.7. The van der Waals surface area contributed by atoms with Crippen molar-refractivity contribution in [2.45, 2.75) is 56.4 Å². The van der Waals surface area contributed by atoms with Crippen LogP contribution in [0.4, 0.5) is 0 Å². The van der Waals surface area contributed by atoms with E-state index in [2.05, 4.69) is 73.8 Å². The molecular weight excluding hydrogens is 374 g/mol. The van der Waals surface area contributed by atoms with E-state index in [4.69, 9.17) is 4.74 Å². The summed E-state index contributed by atoms with van der Waals surface area (Å²) in [6, 6.07) is 17.7. The van der Waals surface area contributed by atoms with Crippen molar-refractivity contribution in [3.63, 3.8) is 0 Å². The van der Waals surface area contributed by atoms with Crippen LogP contribution >= 0.6 is 11.8 Å². The van der Waals surface area contributed by atoms with Crippen LogP contribution in [0.15, 0.2) is 59.5 Å². The minimum absolute atomic E-state index is 0.170. The minimum atomic E-state index is -0.170. The third-order valence-corrected chi connectivity index (χ3v) is 7.52. The number of thioether (sulfide) groups is 1. The summed E-state index contributed by atoms with van der Waals surface area (Å²) in [7, 11) is 0. The molecule has 0 saturated carbocycles. The van der Waals surface area contributed by atoms with Gasteiger partial charge in [-0.15, -0.1) is 11.8 Å². The molecule has 2 aromatic carbocycles. The standard InChI is InChI=1S/C26H33NOS/c1-3-7-20(4-2)19-29-22-12-10-21(11-13-22)24-18-26(14-16-27-17-15-26)28-25-9-6-5-8-23(24)25/h5-6,8-13,18,20,27H,3-4,7,14-17,19H2,1-2H3. The van der Waals surface area contributed by atoms with E-state index in [0.29, 0.717) is 0 Å². The summed E-state index contributed by atoms with van der Waals surface area (Å²) < 4.78 is 6.52. The second-order valence-corrected chi connectivity index (χ2v) is 9.46. The summed E-state index contributed by atoms with van der Waals surface area (Å²) in [5.41, 5.74) is 3.66. The van der Waals surface area contributed by atoms with Gasteiger partial charge in [0.05, 0.1) is 0 Å². The van der Waals surface area contributed by atoms with Crippen molar-refractivity contribution in [2.75, 3.05) is 18.8 Å². The number of ether oxygens (including phenoxy) is 1. The van der Waals surface area contributed by atoms with Crippen molar-refractivity contribution in [2.24, 2.45) is 5.92 Å². The van der Waals surface area contributed by atoms with Gasteiger partial charge in [0.25, 0.3) is 0 Å². The van der Waals surface area contributed by atoms with E-state index in [-0.39, 0.29) is 5.60 Å². The Kier molecular flexibility index (Phi) is 6.67. The highest BCUT2D eigenvalue weighted by Crippen LogP contribution is 2.42. The topological polar surface area (TPSA) is 21.3 Å². The SMILES string of the molecule is CCCC(CC)CSc1ccc(C2=CC3(CCNCC3)Oc3ccccc32)cc1. The van der Waals surface area contributed by atoms with Crippen LogP contribution in [0.25, 0.3) is 5.57 Å². The lowest BCUT2D eigenvalue weighted by atomic mass is 9.83. The first-order valence-corrected chi connectivity index (χ1v) is 12.2. The average Bonchev–Trinajstić information content (AvgIpc) is 2.77. The molecule has 29 heavy (non-hydrogen) atoms. The number of rotatable bonds is 7. The Morgan fingerprint density at radius 3 is 2.52 bits per heavy atom. The predicted octanol–water partition coefficient (Wildman–Crippen LogP) is 6.55. The molecule has 0 aliphatic carbocycles. The summed E-state index contributed by atoms with van der Waals surface area (Å²) in [6.45, 7) is 6.63. The molecule has 1 N–H and O–H groups in total. The summed E-state index contributed by atoms with van der Waals surface area (Å²) >= 11 is 2.00. The second kappa shape index (κ2) is 9.40. The number of piperidine rings is 1. The smallest absolute Gasteiger partial charge is 0.130 e. The molecule has 4 rings (SSSR count). The van der Waals surface area contributed by atoms with Crippen LogP contribution in [0.1, 0.15) is 57.1 Å². The lowest BCUT2D eigenvalue weighted by Crippen LogP contribution is -2.46. The lowest BCUT2D eigenvalue weighted by Gasteiger charge is -2.40. The first kappa shape index (κ1) is 20.6. The Morgan fingerprint density at radius 2 is 1.79 bits per heavy atom. The molecule has 0 radical (unpaired) electrons. The summed E-state index contributed by atoms with van der Waals surface area (Å²) in [6.07, 6.45) is 8.34. The molecule has 2 nitrogen and oxygen atoms in total. The van der Waals surface area contributed by atoms with Crippen LogP contribution in [0.2, 0.25) is 0 Å². The number of hydrogen-bond donors (Lipinski definition) is 1. The van der Waals surface area contributed by atoms with Gasteiger partial charge < -0.3 is 10.1 Å². The van der Waals surface area contributed by atoms with E-state index in [1.54, 1.807) is 0 Å². The highest BCUT2D eigenvalue weighted by atomic mass is 32.2. The van der Waals surface area contributed by atoms with Gasteiger partial charge >= 0.3 is 0 Å². The van der Waals surface area contributed by atoms with Gasteiger partial charge in [-0.1, -0.05) is 57.0 Å². The van der Waals surface area contributed by atoms with Gasteiger partial charge in [0.1, 0.15) is 11.4 Å². The molecule has 2 aliphatic rings. The van der Waals surface area contributed by atoms with Crippen molar-refractivity contribution in [3.8, 4) is 5.75 Å². The van der Waals surface area contributed by atoms with Crippen molar-refractivity contribution in [1.29, 1.82) is 0 Å². The number of benzene rings is 2. The van der Waals surface area contributed by atoms with Crippen LogP contribution in [-0.4, -0.2) is 24.4 Å². The van der Waals surface area contributed by atoms with Gasteiger partial charge in [-0.05, 0) is 60.8 Å². The van der Waals surface area contributed by atoms with Crippen molar-refractivity contribution < 1.29 is 4.74 Å². The first-order chi connectivity index (χ1) is 14.2. The minimum Gasteiger partial charge on any atom is -0.482 e. The fraction of sp³-hybridized carbons (Fsp3) is 0.462. The van der Waals surface area contributed by atoms with E-state index < -0.39 is 0 Å². The van der Waals surface area contributed by atoms with Crippen molar-refractivity contribution >= 4 is 17.3 Å². The molecule has 2 aliphatic heterocycles. The fourth-order valence-electron chi connectivity index (χ4n) is 4.46. The first-order valence-electron chi connectivity index (χ1n) is 11.2. The molecule has 154 valence electrons. The van der Waals surface area contributed by atoms with Crippen molar-refractivity contribution in [1.82, 2.24) is 5.32 Å². The highest BCUT2D eigenvalue weighted by Gasteiger charge is 2.36. The predicted molar refractivity (Wildman–Crippen MR) is 125 cm³/mol. The van der Waals surface area contributed by atoms with E-state index in [1.165, 1.54) is 46.6 Å². The lowest BCUT2D eigenvalue weighted by molar-refractivity contribution is 0.0817. The van der Waals surface area contributed by atoms with Gasteiger partial charge in [0.15, 0.2) is 0 Å². The molecule has 1 atom stereocenters. The van der Waals surface area contributed by atoms with E-state index in [0.717, 1.165) is 37.6 Å². The van der Waals surface area contributed by atoms with Gasteiger partial charge in [-0.3, -0.25) is 0 Å². The van der Waals surface area contributed by atoms with Gasteiger partial charge in [0, 0.05) is 29.1 Å². The Morgan fingerprint density at radius 1 is 1.03 bits per heavy atom. The number of hydrogen-bond acceptors (Lipinski definition) is 3. The third-order valence-electron chi connectivity index (χ3n) is 6.27. The quantitative estimate of drug-likeness (QED) is 0.526. The molecule has 0 aromatic heterocycles. The molecule has 0 amide bonds. The fourth-order valence-corrected chi connectivity index (χ4v) is 5.62. The third kappa shape index (κ3) is 4.73.